The first-order valence-corrected chi connectivity index (χ1v) is 9.43. The van der Waals surface area contributed by atoms with Gasteiger partial charge in [0.05, 0.1) is 0 Å². The van der Waals surface area contributed by atoms with Gasteiger partial charge in [0.15, 0.2) is 0 Å². The number of hydrogen-bond donors (Lipinski definition) is 0. The Hall–Kier alpha value is -0.723. The summed E-state index contributed by atoms with van der Waals surface area (Å²) in [6, 6.07) is 11.9. The van der Waals surface area contributed by atoms with Gasteiger partial charge in [-0.15, -0.1) is 0 Å². The first-order valence-electron chi connectivity index (χ1n) is 7.50. The maximum absolute atomic E-state index is 5.51. The smallest absolute Gasteiger partial charge is 0.377 e. The lowest BCUT2D eigenvalue weighted by Gasteiger charge is -2.30. The summed E-state index contributed by atoms with van der Waals surface area (Å²) < 4.78 is 16.5. The van der Waals surface area contributed by atoms with E-state index in [0.717, 1.165) is 25.4 Å². The third-order valence-electron chi connectivity index (χ3n) is 4.09. The van der Waals surface area contributed by atoms with Gasteiger partial charge in [-0.3, -0.25) is 4.90 Å². The quantitative estimate of drug-likeness (QED) is 0.621. The summed E-state index contributed by atoms with van der Waals surface area (Å²) in [4.78, 5) is 2.40. The van der Waals surface area contributed by atoms with Gasteiger partial charge in [-0.1, -0.05) is 37.3 Å². The molecule has 21 heavy (non-hydrogen) atoms. The summed E-state index contributed by atoms with van der Waals surface area (Å²) >= 11 is 0. The molecule has 0 aromatic heterocycles. The highest BCUT2D eigenvalue weighted by Gasteiger charge is 2.38. The summed E-state index contributed by atoms with van der Waals surface area (Å²) in [5, 5.41) is 0. The van der Waals surface area contributed by atoms with Crippen molar-refractivity contribution in [2.24, 2.45) is 0 Å². The van der Waals surface area contributed by atoms with Crippen LogP contribution in [0, 0.1) is 0 Å². The van der Waals surface area contributed by atoms with Crippen LogP contribution >= 0.6 is 0 Å². The Kier molecular flexibility index (Phi) is 8.14. The largest absolute Gasteiger partial charge is 0.500 e. The van der Waals surface area contributed by atoms with Gasteiger partial charge in [0.1, 0.15) is 0 Å². The van der Waals surface area contributed by atoms with Gasteiger partial charge in [0.25, 0.3) is 0 Å². The first-order chi connectivity index (χ1) is 10.1. The highest BCUT2D eigenvalue weighted by atomic mass is 28.4. The zero-order chi connectivity index (χ0) is 15.7. The maximum Gasteiger partial charge on any atom is 0.500 e. The molecule has 0 N–H and O–H groups in total. The molecule has 0 saturated heterocycles. The Bertz CT molecular complexity index is 376. The molecule has 5 heteroatoms. The topological polar surface area (TPSA) is 30.9 Å². The summed E-state index contributed by atoms with van der Waals surface area (Å²) in [5.41, 5.74) is 1.34. The molecule has 0 aliphatic heterocycles. The predicted octanol–water partition coefficient (Wildman–Crippen LogP) is 3.17. The van der Waals surface area contributed by atoms with Gasteiger partial charge in [-0.2, -0.15) is 0 Å². The molecule has 0 bridgehead atoms. The number of nitrogens with zero attached hydrogens (tertiary/aromatic N) is 1. The van der Waals surface area contributed by atoms with Crippen LogP contribution < -0.4 is 0 Å². The van der Waals surface area contributed by atoms with Crippen LogP contribution in [0.2, 0.25) is 6.04 Å². The Morgan fingerprint density at radius 2 is 1.62 bits per heavy atom. The molecular weight excluding hydrogens is 282 g/mol. The minimum absolute atomic E-state index is 0.498. The zero-order valence-electron chi connectivity index (χ0n) is 14.0. The highest BCUT2D eigenvalue weighted by molar-refractivity contribution is 6.60. The van der Waals surface area contributed by atoms with Crippen molar-refractivity contribution in [3.63, 3.8) is 0 Å². The third-order valence-corrected chi connectivity index (χ3v) is 6.85. The molecule has 0 heterocycles. The summed E-state index contributed by atoms with van der Waals surface area (Å²) in [6.45, 7) is 3.18. The van der Waals surface area contributed by atoms with Crippen LogP contribution in [0.15, 0.2) is 30.3 Å². The van der Waals surface area contributed by atoms with E-state index in [1.807, 2.05) is 0 Å². The average molecular weight is 311 g/mol. The molecule has 0 spiro atoms. The Balaban J connectivity index is 2.57. The van der Waals surface area contributed by atoms with E-state index < -0.39 is 8.80 Å². The molecule has 0 aliphatic rings. The monoisotopic (exact) mass is 311 g/mol. The molecule has 4 nitrogen and oxygen atoms in total. The van der Waals surface area contributed by atoms with Crippen molar-refractivity contribution in [2.75, 3.05) is 28.4 Å². The maximum atomic E-state index is 5.51. The second-order valence-corrected chi connectivity index (χ2v) is 8.39. The molecule has 0 saturated carbocycles. The van der Waals surface area contributed by atoms with Crippen LogP contribution in [0.1, 0.15) is 25.3 Å². The van der Waals surface area contributed by atoms with Crippen LogP contribution in [0.5, 0.6) is 0 Å². The van der Waals surface area contributed by atoms with Gasteiger partial charge in [0.2, 0.25) is 0 Å². The van der Waals surface area contributed by atoms with Crippen molar-refractivity contribution in [2.45, 2.75) is 38.4 Å². The SMILES string of the molecule is CCC(CC[Si](OC)(OC)OC)N(C)Cc1ccccc1. The fourth-order valence-electron chi connectivity index (χ4n) is 2.64. The summed E-state index contributed by atoms with van der Waals surface area (Å²) in [5.74, 6) is 0. The standard InChI is InChI=1S/C16H29NO3Si/c1-6-16(12-13-21(18-3,19-4)20-5)17(2)14-15-10-8-7-9-11-15/h7-11,16H,6,12-14H2,1-5H3. The number of benzene rings is 1. The Morgan fingerprint density at radius 3 is 2.10 bits per heavy atom. The van der Waals surface area contributed by atoms with Crippen molar-refractivity contribution in [3.05, 3.63) is 35.9 Å². The van der Waals surface area contributed by atoms with Crippen molar-refractivity contribution in [3.8, 4) is 0 Å². The molecule has 1 aromatic rings. The van der Waals surface area contributed by atoms with Gasteiger partial charge < -0.3 is 13.3 Å². The zero-order valence-corrected chi connectivity index (χ0v) is 15.0. The van der Waals surface area contributed by atoms with E-state index >= 15 is 0 Å². The van der Waals surface area contributed by atoms with E-state index in [0.29, 0.717) is 6.04 Å². The normalized spacial score (nSPS) is 13.6. The Morgan fingerprint density at radius 1 is 1.05 bits per heavy atom. The van der Waals surface area contributed by atoms with Crippen molar-refractivity contribution >= 4 is 8.80 Å². The van der Waals surface area contributed by atoms with Gasteiger partial charge in [-0.25, -0.2) is 0 Å². The van der Waals surface area contributed by atoms with E-state index in [1.54, 1.807) is 21.3 Å². The number of hydrogen-bond acceptors (Lipinski definition) is 4. The molecule has 1 aromatic carbocycles. The molecule has 0 amide bonds. The van der Waals surface area contributed by atoms with E-state index in [4.69, 9.17) is 13.3 Å². The van der Waals surface area contributed by atoms with E-state index in [1.165, 1.54) is 5.56 Å². The van der Waals surface area contributed by atoms with Gasteiger partial charge in [0, 0.05) is 40.0 Å². The lowest BCUT2D eigenvalue weighted by atomic mass is 10.1. The van der Waals surface area contributed by atoms with Crippen LogP contribution in [0.3, 0.4) is 0 Å². The lowest BCUT2D eigenvalue weighted by molar-refractivity contribution is 0.117. The first kappa shape index (κ1) is 18.3. The highest BCUT2D eigenvalue weighted by Crippen LogP contribution is 2.20. The molecule has 120 valence electrons. The second kappa shape index (κ2) is 9.33. The van der Waals surface area contributed by atoms with Crippen molar-refractivity contribution in [1.29, 1.82) is 0 Å². The van der Waals surface area contributed by atoms with Crippen molar-refractivity contribution < 1.29 is 13.3 Å². The lowest BCUT2D eigenvalue weighted by Crippen LogP contribution is -2.44. The molecule has 1 atom stereocenters. The van der Waals surface area contributed by atoms with E-state index in [2.05, 4.69) is 49.2 Å². The fourth-order valence-corrected chi connectivity index (χ4v) is 4.44. The fraction of sp³-hybridized carbons (Fsp3) is 0.625. The van der Waals surface area contributed by atoms with Crippen LogP contribution in [0.4, 0.5) is 0 Å². The molecule has 1 rings (SSSR count). The average Bonchev–Trinajstić information content (AvgIpc) is 2.53. The van der Waals surface area contributed by atoms with Crippen LogP contribution in [0.25, 0.3) is 0 Å². The molecule has 0 fully saturated rings. The molecule has 0 radical (unpaired) electrons. The van der Waals surface area contributed by atoms with Gasteiger partial charge in [-0.05, 0) is 25.5 Å². The molecule has 1 unspecified atom stereocenters. The number of rotatable bonds is 10. The minimum Gasteiger partial charge on any atom is -0.377 e. The minimum atomic E-state index is -2.46. The Labute approximate surface area is 130 Å². The summed E-state index contributed by atoms with van der Waals surface area (Å²) in [7, 11) is 4.74. The second-order valence-electron chi connectivity index (χ2n) is 5.30. The van der Waals surface area contributed by atoms with E-state index in [9.17, 15) is 0 Å². The molecular formula is C16H29NO3Si. The van der Waals surface area contributed by atoms with Crippen LogP contribution in [-0.2, 0) is 19.8 Å². The summed E-state index contributed by atoms with van der Waals surface area (Å²) in [6.07, 6.45) is 2.12. The van der Waals surface area contributed by atoms with Gasteiger partial charge >= 0.3 is 8.80 Å². The molecule has 0 aliphatic carbocycles. The van der Waals surface area contributed by atoms with Crippen LogP contribution in [-0.4, -0.2) is 48.1 Å². The van der Waals surface area contributed by atoms with E-state index in [-0.39, 0.29) is 0 Å². The predicted molar refractivity (Wildman–Crippen MR) is 88.2 cm³/mol. The van der Waals surface area contributed by atoms with Crippen molar-refractivity contribution in [1.82, 2.24) is 4.90 Å². The third kappa shape index (κ3) is 5.52.